The Morgan fingerprint density at radius 2 is 2.00 bits per heavy atom. The van der Waals surface area contributed by atoms with Crippen LogP contribution < -0.4 is 11.1 Å². The lowest BCUT2D eigenvalue weighted by atomic mass is 10.2. The van der Waals surface area contributed by atoms with Gasteiger partial charge in [0.15, 0.2) is 0 Å². The van der Waals surface area contributed by atoms with Crippen LogP contribution in [-0.2, 0) is 0 Å². The standard InChI is InChI=1S/C9H21N3/c10-4-8-12-7-3-1-2-5-11-6-9-12/h11H,1-10H2. The molecule has 1 fully saturated rings. The normalized spacial score (nSPS) is 22.8. The van der Waals surface area contributed by atoms with E-state index in [1.54, 1.807) is 0 Å². The zero-order valence-electron chi connectivity index (χ0n) is 7.89. The quantitative estimate of drug-likeness (QED) is 0.615. The van der Waals surface area contributed by atoms with Crippen LogP contribution in [0.25, 0.3) is 0 Å². The van der Waals surface area contributed by atoms with Gasteiger partial charge < -0.3 is 16.0 Å². The lowest BCUT2D eigenvalue weighted by Crippen LogP contribution is -2.35. The molecule has 12 heavy (non-hydrogen) atoms. The highest BCUT2D eigenvalue weighted by Gasteiger charge is 2.04. The summed E-state index contributed by atoms with van der Waals surface area (Å²) in [6.07, 6.45) is 4.02. The Hall–Kier alpha value is -0.120. The number of rotatable bonds is 2. The Bertz CT molecular complexity index is 95.9. The van der Waals surface area contributed by atoms with Crippen LogP contribution in [0, 0.1) is 0 Å². The predicted octanol–water partition coefficient (Wildman–Crippen LogP) is 0.0206. The molecule has 1 heterocycles. The van der Waals surface area contributed by atoms with Crippen molar-refractivity contribution < 1.29 is 0 Å². The minimum atomic E-state index is 0.792. The van der Waals surface area contributed by atoms with E-state index in [0.717, 1.165) is 26.2 Å². The summed E-state index contributed by atoms with van der Waals surface area (Å²) >= 11 is 0. The van der Waals surface area contributed by atoms with Crippen LogP contribution >= 0.6 is 0 Å². The van der Waals surface area contributed by atoms with Crippen molar-refractivity contribution in [1.29, 1.82) is 0 Å². The first-order chi connectivity index (χ1) is 5.93. The van der Waals surface area contributed by atoms with Crippen molar-refractivity contribution in [2.75, 3.05) is 39.3 Å². The maximum atomic E-state index is 5.53. The second kappa shape index (κ2) is 6.40. The lowest BCUT2D eigenvalue weighted by molar-refractivity contribution is 0.282. The van der Waals surface area contributed by atoms with Crippen LogP contribution in [0.2, 0.25) is 0 Å². The van der Waals surface area contributed by atoms with Gasteiger partial charge in [0.2, 0.25) is 0 Å². The highest BCUT2D eigenvalue weighted by atomic mass is 15.1. The van der Waals surface area contributed by atoms with E-state index < -0.39 is 0 Å². The highest BCUT2D eigenvalue weighted by molar-refractivity contribution is 4.63. The largest absolute Gasteiger partial charge is 0.329 e. The third-order valence-electron chi connectivity index (χ3n) is 2.38. The fourth-order valence-corrected chi connectivity index (χ4v) is 1.64. The Morgan fingerprint density at radius 1 is 1.08 bits per heavy atom. The molecule has 1 saturated heterocycles. The molecule has 3 heteroatoms. The van der Waals surface area contributed by atoms with E-state index in [9.17, 15) is 0 Å². The number of nitrogens with two attached hydrogens (primary N) is 1. The molecule has 0 radical (unpaired) electrons. The molecule has 0 aromatic heterocycles. The van der Waals surface area contributed by atoms with Gasteiger partial charge in [-0.25, -0.2) is 0 Å². The molecular formula is C9H21N3. The SMILES string of the molecule is NCCN1CCCCCNCC1. The zero-order valence-corrected chi connectivity index (χ0v) is 7.89. The van der Waals surface area contributed by atoms with Crippen LogP contribution in [0.1, 0.15) is 19.3 Å². The maximum Gasteiger partial charge on any atom is 0.0107 e. The molecule has 1 aliphatic heterocycles. The van der Waals surface area contributed by atoms with Gasteiger partial charge in [-0.3, -0.25) is 0 Å². The Kier molecular flexibility index (Phi) is 5.32. The molecule has 0 aromatic rings. The zero-order chi connectivity index (χ0) is 8.65. The summed E-state index contributed by atoms with van der Waals surface area (Å²) in [7, 11) is 0. The van der Waals surface area contributed by atoms with Crippen molar-refractivity contribution in [2.45, 2.75) is 19.3 Å². The van der Waals surface area contributed by atoms with Gasteiger partial charge in [0, 0.05) is 26.2 Å². The molecule has 0 aliphatic carbocycles. The van der Waals surface area contributed by atoms with E-state index in [2.05, 4.69) is 10.2 Å². The molecule has 0 saturated carbocycles. The molecule has 0 bridgehead atoms. The summed E-state index contributed by atoms with van der Waals surface area (Å²) in [4.78, 5) is 2.46. The predicted molar refractivity (Wildman–Crippen MR) is 52.2 cm³/mol. The van der Waals surface area contributed by atoms with E-state index >= 15 is 0 Å². The van der Waals surface area contributed by atoms with Crippen LogP contribution in [0.5, 0.6) is 0 Å². The number of nitrogens with one attached hydrogen (secondary N) is 1. The van der Waals surface area contributed by atoms with Crippen molar-refractivity contribution in [3.8, 4) is 0 Å². The van der Waals surface area contributed by atoms with Gasteiger partial charge in [-0.15, -0.1) is 0 Å². The molecule has 0 amide bonds. The summed E-state index contributed by atoms with van der Waals surface area (Å²) in [6, 6.07) is 0. The monoisotopic (exact) mass is 171 g/mol. The van der Waals surface area contributed by atoms with Crippen molar-refractivity contribution in [1.82, 2.24) is 10.2 Å². The van der Waals surface area contributed by atoms with Crippen LogP contribution in [-0.4, -0.2) is 44.2 Å². The van der Waals surface area contributed by atoms with Gasteiger partial charge in [0.05, 0.1) is 0 Å². The van der Waals surface area contributed by atoms with E-state index in [4.69, 9.17) is 5.73 Å². The first-order valence-electron chi connectivity index (χ1n) is 5.06. The molecule has 72 valence electrons. The summed E-state index contributed by atoms with van der Waals surface area (Å²) in [5.74, 6) is 0. The van der Waals surface area contributed by atoms with E-state index in [0.29, 0.717) is 0 Å². The first-order valence-corrected chi connectivity index (χ1v) is 5.06. The van der Waals surface area contributed by atoms with Crippen LogP contribution in [0.4, 0.5) is 0 Å². The number of hydrogen-bond acceptors (Lipinski definition) is 3. The molecule has 0 spiro atoms. The van der Waals surface area contributed by atoms with Gasteiger partial charge in [0.1, 0.15) is 0 Å². The minimum absolute atomic E-state index is 0.792. The third kappa shape index (κ3) is 4.04. The van der Waals surface area contributed by atoms with E-state index in [1.807, 2.05) is 0 Å². The Balaban J connectivity index is 2.19. The molecule has 0 atom stereocenters. The van der Waals surface area contributed by atoms with Crippen molar-refractivity contribution in [2.24, 2.45) is 5.73 Å². The van der Waals surface area contributed by atoms with Gasteiger partial charge in [-0.05, 0) is 25.9 Å². The fourth-order valence-electron chi connectivity index (χ4n) is 1.64. The van der Waals surface area contributed by atoms with Gasteiger partial charge in [-0.2, -0.15) is 0 Å². The average molecular weight is 171 g/mol. The second-order valence-electron chi connectivity index (χ2n) is 3.44. The van der Waals surface area contributed by atoms with Crippen molar-refractivity contribution in [3.05, 3.63) is 0 Å². The van der Waals surface area contributed by atoms with Crippen LogP contribution in [0.3, 0.4) is 0 Å². The molecule has 3 N–H and O–H groups in total. The highest BCUT2D eigenvalue weighted by Crippen LogP contribution is 1.99. The molecule has 3 nitrogen and oxygen atoms in total. The van der Waals surface area contributed by atoms with Gasteiger partial charge in [0.25, 0.3) is 0 Å². The Labute approximate surface area is 75.3 Å². The fraction of sp³-hybridized carbons (Fsp3) is 1.00. The molecule has 1 rings (SSSR count). The molecule has 0 aromatic carbocycles. The van der Waals surface area contributed by atoms with Crippen molar-refractivity contribution in [3.63, 3.8) is 0 Å². The van der Waals surface area contributed by atoms with Gasteiger partial charge in [-0.1, -0.05) is 6.42 Å². The summed E-state index contributed by atoms with van der Waals surface area (Å²) in [5, 5.41) is 3.43. The average Bonchev–Trinajstić information content (AvgIpc) is 2.19. The molecule has 1 aliphatic rings. The third-order valence-corrected chi connectivity index (χ3v) is 2.38. The topological polar surface area (TPSA) is 41.3 Å². The van der Waals surface area contributed by atoms with Crippen LogP contribution in [0.15, 0.2) is 0 Å². The molecular weight excluding hydrogens is 150 g/mol. The van der Waals surface area contributed by atoms with Crippen molar-refractivity contribution >= 4 is 0 Å². The maximum absolute atomic E-state index is 5.53. The smallest absolute Gasteiger partial charge is 0.0107 e. The van der Waals surface area contributed by atoms with Gasteiger partial charge >= 0.3 is 0 Å². The number of nitrogens with zero attached hydrogens (tertiary/aromatic N) is 1. The lowest BCUT2D eigenvalue weighted by Gasteiger charge is -2.20. The summed E-state index contributed by atoms with van der Waals surface area (Å²) < 4.78 is 0. The minimum Gasteiger partial charge on any atom is -0.329 e. The van der Waals surface area contributed by atoms with E-state index in [-0.39, 0.29) is 0 Å². The summed E-state index contributed by atoms with van der Waals surface area (Å²) in [5.41, 5.74) is 5.53. The number of hydrogen-bond donors (Lipinski definition) is 2. The van der Waals surface area contributed by atoms with E-state index in [1.165, 1.54) is 32.4 Å². The first kappa shape index (κ1) is 9.96. The second-order valence-corrected chi connectivity index (χ2v) is 3.44. The summed E-state index contributed by atoms with van der Waals surface area (Å²) in [6.45, 7) is 6.56. The molecule has 0 unspecified atom stereocenters. The Morgan fingerprint density at radius 3 is 2.83 bits per heavy atom.